The number of unbranched alkanes of at least 4 members (excludes halogenated alkanes) is 5. The van der Waals surface area contributed by atoms with Crippen molar-refractivity contribution in [2.24, 2.45) is 0 Å². The molecule has 0 radical (unpaired) electrons. The van der Waals surface area contributed by atoms with E-state index in [0.717, 1.165) is 19.3 Å². The van der Waals surface area contributed by atoms with Gasteiger partial charge >= 0.3 is 29.6 Å². The van der Waals surface area contributed by atoms with E-state index >= 15 is 0 Å². The summed E-state index contributed by atoms with van der Waals surface area (Å²) in [5.41, 5.74) is 0.701. The van der Waals surface area contributed by atoms with E-state index in [1.165, 1.54) is 49.6 Å². The van der Waals surface area contributed by atoms with Gasteiger partial charge in [0.2, 0.25) is 0 Å². The van der Waals surface area contributed by atoms with Crippen LogP contribution in [0.15, 0.2) is 47.4 Å². The molecule has 7 heteroatoms. The first kappa shape index (κ1) is 24.0. The van der Waals surface area contributed by atoms with Gasteiger partial charge < -0.3 is 9.84 Å². The zero-order valence-corrected chi connectivity index (χ0v) is 18.8. The molecule has 0 heterocycles. The molecule has 0 atom stereocenters. The molecule has 142 valence electrons. The van der Waals surface area contributed by atoms with E-state index in [1.807, 2.05) is 0 Å². The Balaban J connectivity index is 0.00000364. The molecule has 2 aromatic rings. The van der Waals surface area contributed by atoms with Gasteiger partial charge in [-0.1, -0.05) is 51.2 Å². The Hall–Kier alpha value is -1.05. The van der Waals surface area contributed by atoms with E-state index in [2.05, 4.69) is 6.92 Å². The average molecular weight is 400 g/mol. The predicted octanol–water partition coefficient (Wildman–Crippen LogP) is 1.71. The van der Waals surface area contributed by atoms with Crippen LogP contribution in [0.3, 0.4) is 0 Å². The van der Waals surface area contributed by atoms with Crippen LogP contribution < -0.4 is 39.4 Å². The van der Waals surface area contributed by atoms with E-state index in [-0.39, 0.29) is 40.2 Å². The Morgan fingerprint density at radius 3 is 2.37 bits per heavy atom. The molecule has 2 aromatic carbocycles. The predicted molar refractivity (Wildman–Crippen MR) is 99.3 cm³/mol. The minimum absolute atomic E-state index is 0. The van der Waals surface area contributed by atoms with Crippen molar-refractivity contribution in [2.75, 3.05) is 0 Å². The van der Waals surface area contributed by atoms with Gasteiger partial charge in [-0.05, 0) is 48.7 Å². The Labute approximate surface area is 183 Å². The quantitative estimate of drug-likeness (QED) is 0.373. The third-order valence-electron chi connectivity index (χ3n) is 4.16. The molecule has 0 bridgehead atoms. The van der Waals surface area contributed by atoms with E-state index in [0.29, 0.717) is 23.5 Å². The molecule has 0 aliphatic heterocycles. The van der Waals surface area contributed by atoms with Crippen LogP contribution >= 0.6 is 0 Å². The van der Waals surface area contributed by atoms with Crippen molar-refractivity contribution < 1.29 is 52.4 Å². The van der Waals surface area contributed by atoms with E-state index < -0.39 is 10.1 Å². The van der Waals surface area contributed by atoms with Gasteiger partial charge in [-0.15, -0.1) is 5.75 Å². The molecule has 0 fully saturated rings. The normalized spacial score (nSPS) is 11.0. The molecule has 0 aliphatic carbocycles. The fraction of sp³-hybridized carbons (Fsp3) is 0.400. The zero-order chi connectivity index (χ0) is 19.0. The largest absolute Gasteiger partial charge is 1.00 e. The van der Waals surface area contributed by atoms with Crippen LogP contribution in [-0.2, 0) is 16.5 Å². The van der Waals surface area contributed by atoms with Gasteiger partial charge in [0.25, 0.3) is 10.1 Å². The van der Waals surface area contributed by atoms with Crippen molar-refractivity contribution in [3.63, 3.8) is 0 Å². The summed E-state index contributed by atoms with van der Waals surface area (Å²) in [5, 5.41) is 11.5. The molecule has 0 unspecified atom stereocenters. The van der Waals surface area contributed by atoms with Crippen molar-refractivity contribution in [3.8, 4) is 17.2 Å². The van der Waals surface area contributed by atoms with Gasteiger partial charge in [0.15, 0.2) is 0 Å². The molecule has 2 rings (SSSR count). The van der Waals surface area contributed by atoms with Crippen LogP contribution in [-0.4, -0.2) is 13.0 Å². The van der Waals surface area contributed by atoms with E-state index in [1.54, 1.807) is 12.1 Å². The summed E-state index contributed by atoms with van der Waals surface area (Å²) in [6.45, 7) is 2.17. The molecule has 0 amide bonds. The van der Waals surface area contributed by atoms with Crippen molar-refractivity contribution in [1.29, 1.82) is 0 Å². The minimum atomic E-state index is -4.27. The molecule has 0 aromatic heterocycles. The van der Waals surface area contributed by atoms with Crippen LogP contribution in [0.2, 0.25) is 0 Å². The molecular formula is C20H25NaO5S. The molecule has 5 nitrogen and oxygen atoms in total. The second-order valence-electron chi connectivity index (χ2n) is 6.34. The molecule has 0 aliphatic rings. The fourth-order valence-electron chi connectivity index (χ4n) is 2.77. The summed E-state index contributed by atoms with van der Waals surface area (Å²) in [6, 6.07) is 10.4. The number of benzene rings is 2. The Bertz CT molecular complexity index is 821. The average Bonchev–Trinajstić information content (AvgIpc) is 2.58. The standard InChI is InChI=1S/C20H26O5S.Na/c1-2-3-4-5-6-7-9-16-14-19(26(22,23)24)12-13-20(16)25-18-11-8-10-17(21)15-18;/h8,10-15,21H,2-7,9H2,1H3,(H,22,23,24);/q;+1/p-1. The topological polar surface area (TPSA) is 86.7 Å². The Kier molecular flexibility index (Phi) is 10.4. The molecule has 1 N–H and O–H groups in total. The Morgan fingerprint density at radius 2 is 1.70 bits per heavy atom. The fourth-order valence-corrected chi connectivity index (χ4v) is 3.30. The van der Waals surface area contributed by atoms with Crippen molar-refractivity contribution >= 4 is 10.1 Å². The van der Waals surface area contributed by atoms with Crippen LogP contribution in [0, 0.1) is 0 Å². The van der Waals surface area contributed by atoms with Crippen molar-refractivity contribution in [1.82, 2.24) is 0 Å². The summed E-state index contributed by atoms with van der Waals surface area (Å²) in [7, 11) is -4.27. The van der Waals surface area contributed by atoms with Gasteiger partial charge in [-0.25, -0.2) is 0 Å². The number of hydrogen-bond donors (Lipinski definition) is 1. The number of hydrogen-bond acceptors (Lipinski definition) is 4. The first-order valence-electron chi connectivity index (χ1n) is 8.95. The summed E-state index contributed by atoms with van der Waals surface area (Å²) in [6.07, 6.45) is 7.33. The van der Waals surface area contributed by atoms with Crippen LogP contribution in [0.1, 0.15) is 51.0 Å². The first-order chi connectivity index (χ1) is 12.4. The van der Waals surface area contributed by atoms with Crippen molar-refractivity contribution in [2.45, 2.75) is 56.8 Å². The molecular weight excluding hydrogens is 375 g/mol. The maximum absolute atomic E-state index is 11.5. The maximum atomic E-state index is 11.5. The molecule has 0 saturated heterocycles. The van der Waals surface area contributed by atoms with Crippen LogP contribution in [0.25, 0.3) is 0 Å². The molecule has 0 spiro atoms. The number of rotatable bonds is 10. The first-order valence-corrected chi connectivity index (χ1v) is 10.4. The van der Waals surface area contributed by atoms with Crippen LogP contribution in [0.4, 0.5) is 0 Å². The van der Waals surface area contributed by atoms with Gasteiger partial charge in [0.05, 0.1) is 4.90 Å². The third kappa shape index (κ3) is 8.23. The summed E-state index contributed by atoms with van der Waals surface area (Å²) < 4.78 is 37.9. The van der Waals surface area contributed by atoms with Crippen LogP contribution in [0.5, 0.6) is 17.2 Å². The second kappa shape index (κ2) is 11.7. The minimum Gasteiger partial charge on any atom is -0.872 e. The van der Waals surface area contributed by atoms with E-state index in [4.69, 9.17) is 4.74 Å². The van der Waals surface area contributed by atoms with Gasteiger partial charge in [-0.2, -0.15) is 8.42 Å². The smallest absolute Gasteiger partial charge is 0.872 e. The number of ether oxygens (including phenoxy) is 1. The summed E-state index contributed by atoms with van der Waals surface area (Å²) in [4.78, 5) is -0.150. The Morgan fingerprint density at radius 1 is 1.00 bits per heavy atom. The summed E-state index contributed by atoms with van der Waals surface area (Å²) >= 11 is 0. The molecule has 0 saturated carbocycles. The monoisotopic (exact) mass is 400 g/mol. The number of aryl methyl sites for hydroxylation is 1. The van der Waals surface area contributed by atoms with Gasteiger partial charge in [0, 0.05) is 0 Å². The summed E-state index contributed by atoms with van der Waals surface area (Å²) in [5.74, 6) is 0.743. The third-order valence-corrected chi connectivity index (χ3v) is 5.01. The zero-order valence-electron chi connectivity index (χ0n) is 16.0. The second-order valence-corrected chi connectivity index (χ2v) is 7.76. The SMILES string of the molecule is CCCCCCCCc1cc(S(=O)(=O)O)ccc1Oc1cccc([O-])c1.[Na+]. The molecule has 27 heavy (non-hydrogen) atoms. The van der Waals surface area contributed by atoms with E-state index in [9.17, 15) is 18.1 Å². The van der Waals surface area contributed by atoms with Crippen molar-refractivity contribution in [3.05, 3.63) is 48.0 Å². The maximum Gasteiger partial charge on any atom is 1.00 e. The van der Waals surface area contributed by atoms with Gasteiger partial charge in [-0.3, -0.25) is 4.55 Å². The van der Waals surface area contributed by atoms with Gasteiger partial charge in [0.1, 0.15) is 11.5 Å².